The predicted octanol–water partition coefficient (Wildman–Crippen LogP) is 1.58. The van der Waals surface area contributed by atoms with Crippen LogP contribution < -0.4 is 9.67 Å². The molecule has 136 valence electrons. The second kappa shape index (κ2) is 9.17. The number of nitrogens with one attached hydrogen (secondary N) is 1. The summed E-state index contributed by atoms with van der Waals surface area (Å²) in [4.78, 5) is 10.7. The van der Waals surface area contributed by atoms with Crippen molar-refractivity contribution in [2.24, 2.45) is 0 Å². The minimum atomic E-state index is -4.83. The van der Waals surface area contributed by atoms with E-state index in [0.717, 1.165) is 5.69 Å². The minimum absolute atomic E-state index is 0.0399. The van der Waals surface area contributed by atoms with Gasteiger partial charge in [-0.05, 0) is 18.2 Å². The average molecular weight is 419 g/mol. The van der Waals surface area contributed by atoms with Crippen LogP contribution in [-0.2, 0) is 12.4 Å². The molecule has 1 atom stereocenters. The van der Waals surface area contributed by atoms with Crippen LogP contribution in [0, 0.1) is 0 Å². The second-order valence-corrected chi connectivity index (χ2v) is 8.73. The number of carbonyl (C=O) groups excluding carboxylic acids is 1. The average Bonchev–Trinajstić information content (AvgIpc) is 3.17. The van der Waals surface area contributed by atoms with Gasteiger partial charge >= 0.3 is 88.4 Å². The number of hydrogen-bond donors (Lipinski definition) is 3. The van der Waals surface area contributed by atoms with E-state index in [9.17, 15) is 12.6 Å². The van der Waals surface area contributed by atoms with Crippen LogP contribution in [0.5, 0.6) is 0 Å². The van der Waals surface area contributed by atoms with Crippen LogP contribution in [0.4, 0.5) is 5.69 Å². The van der Waals surface area contributed by atoms with E-state index >= 15 is 0 Å². The molecule has 0 radical (unpaired) electrons. The van der Waals surface area contributed by atoms with Gasteiger partial charge < -0.3 is 0 Å². The largest absolute Gasteiger partial charge is 0.241 e. The maximum atomic E-state index is 11.3. The van der Waals surface area contributed by atoms with Crippen LogP contribution in [-0.4, -0.2) is 39.2 Å². The molecule has 0 spiro atoms. The molecule has 1 aromatic heterocycles. The summed E-state index contributed by atoms with van der Waals surface area (Å²) >= 11 is -4.83. The van der Waals surface area contributed by atoms with Crippen molar-refractivity contribution in [3.63, 3.8) is 0 Å². The van der Waals surface area contributed by atoms with Crippen molar-refractivity contribution in [1.29, 1.82) is 0 Å². The van der Waals surface area contributed by atoms with Crippen molar-refractivity contribution in [2.75, 3.05) is 5.32 Å². The molecule has 0 aliphatic heterocycles. The van der Waals surface area contributed by atoms with Crippen molar-refractivity contribution < 1.29 is 21.8 Å². The predicted molar refractivity (Wildman–Crippen MR) is 96.3 cm³/mol. The standard InChI is InChI=1S/C9H8N2.C8H10AsNO5/c1-2-5-9(6-3-1)11-8-4-7-10-11;1-6(11)10-8-4-2-3-7(5-8)9(12,13)15-14/h1-8H;2-5,14H,1H3,(H,10,11)(H,12,13). The first-order chi connectivity index (χ1) is 12.4. The number of amides is 1. The molecule has 0 aliphatic carbocycles. The van der Waals surface area contributed by atoms with Gasteiger partial charge in [0.2, 0.25) is 0 Å². The summed E-state index contributed by atoms with van der Waals surface area (Å²) in [6.07, 6.45) is 3.70. The smallest absolute Gasteiger partial charge is 0.0645 e. The Morgan fingerprint density at radius 2 is 1.88 bits per heavy atom. The molecule has 0 bridgehead atoms. The Morgan fingerprint density at radius 1 is 1.15 bits per heavy atom. The molecule has 8 nitrogen and oxygen atoms in total. The van der Waals surface area contributed by atoms with Crippen LogP contribution >= 0.6 is 0 Å². The molecule has 3 aromatic rings. The van der Waals surface area contributed by atoms with Crippen molar-refractivity contribution in [2.45, 2.75) is 6.92 Å². The number of rotatable bonds is 4. The van der Waals surface area contributed by atoms with Gasteiger partial charge in [0.1, 0.15) is 0 Å². The number of carbonyl (C=O) groups is 1. The van der Waals surface area contributed by atoms with Gasteiger partial charge in [-0.25, -0.2) is 4.68 Å². The number of aromatic nitrogens is 2. The summed E-state index contributed by atoms with van der Waals surface area (Å²) in [6.45, 7) is 1.32. The van der Waals surface area contributed by atoms with E-state index in [1.54, 1.807) is 12.3 Å². The molecule has 0 aliphatic rings. The molecule has 1 unspecified atom stereocenters. The molecule has 1 heterocycles. The van der Waals surface area contributed by atoms with E-state index in [2.05, 4.69) is 14.3 Å². The third kappa shape index (κ3) is 5.71. The van der Waals surface area contributed by atoms with Gasteiger partial charge in [0, 0.05) is 12.4 Å². The Bertz CT molecular complexity index is 884. The van der Waals surface area contributed by atoms with Crippen molar-refractivity contribution in [3.05, 3.63) is 73.1 Å². The topological polar surface area (TPSA) is 114 Å². The van der Waals surface area contributed by atoms with E-state index in [-0.39, 0.29) is 10.3 Å². The zero-order valence-electron chi connectivity index (χ0n) is 13.9. The Hall–Kier alpha value is -2.64. The molecule has 3 rings (SSSR count). The van der Waals surface area contributed by atoms with E-state index in [1.807, 2.05) is 47.3 Å². The normalized spacial score (nSPS) is 12.4. The Kier molecular flexibility index (Phi) is 6.94. The van der Waals surface area contributed by atoms with E-state index in [1.165, 1.54) is 25.1 Å². The molecule has 2 aromatic carbocycles. The maximum absolute atomic E-state index is 11.3. The molecule has 0 saturated carbocycles. The van der Waals surface area contributed by atoms with Crippen molar-refractivity contribution in [3.8, 4) is 5.69 Å². The first-order valence-corrected chi connectivity index (χ1v) is 10.8. The molecule has 0 saturated heterocycles. The molecule has 3 N–H and O–H groups in total. The summed E-state index contributed by atoms with van der Waals surface area (Å²) in [7, 11) is 0. The molecule has 9 heteroatoms. The van der Waals surface area contributed by atoms with Crippen LogP contribution in [0.2, 0.25) is 0 Å². The zero-order chi connectivity index (χ0) is 19.0. The van der Waals surface area contributed by atoms with Gasteiger partial charge in [-0.15, -0.1) is 0 Å². The Labute approximate surface area is 153 Å². The minimum Gasteiger partial charge on any atom is -0.241 e. The Balaban J connectivity index is 0.000000195. The summed E-state index contributed by atoms with van der Waals surface area (Å²) < 4.78 is 25.8. The third-order valence-corrected chi connectivity index (χ3v) is 5.55. The number of hydrogen-bond acceptors (Lipinski definition) is 5. The van der Waals surface area contributed by atoms with Gasteiger partial charge in [0.05, 0.1) is 5.69 Å². The van der Waals surface area contributed by atoms with Gasteiger partial charge in [-0.2, -0.15) is 5.10 Å². The quantitative estimate of drug-likeness (QED) is 0.336. The fraction of sp³-hybridized carbons (Fsp3) is 0.0588. The molecule has 0 fully saturated rings. The first kappa shape index (κ1) is 19.7. The van der Waals surface area contributed by atoms with E-state index in [0.29, 0.717) is 5.69 Å². The molecule has 26 heavy (non-hydrogen) atoms. The second-order valence-electron chi connectivity index (χ2n) is 5.12. The fourth-order valence-electron chi connectivity index (χ4n) is 2.01. The van der Waals surface area contributed by atoms with E-state index < -0.39 is 14.2 Å². The summed E-state index contributed by atoms with van der Waals surface area (Å²) in [5.41, 5.74) is 1.46. The van der Waals surface area contributed by atoms with Crippen LogP contribution in [0.25, 0.3) is 5.69 Å². The van der Waals surface area contributed by atoms with E-state index in [4.69, 9.17) is 5.26 Å². The zero-order valence-corrected chi connectivity index (χ0v) is 15.8. The Morgan fingerprint density at radius 3 is 2.46 bits per heavy atom. The SMILES string of the molecule is CC(=O)Nc1cccc([As](=O)(O)OO)c1.c1ccc(-n2cccn2)cc1. The number of para-hydroxylation sites is 1. The van der Waals surface area contributed by atoms with Crippen LogP contribution in [0.3, 0.4) is 0 Å². The summed E-state index contributed by atoms with van der Waals surface area (Å²) in [5.74, 6) is -0.294. The monoisotopic (exact) mass is 419 g/mol. The fourth-order valence-corrected chi connectivity index (χ4v) is 3.42. The molecular formula is C17H18AsN3O5. The van der Waals surface area contributed by atoms with Crippen molar-refractivity contribution >= 4 is 30.1 Å². The number of benzene rings is 2. The van der Waals surface area contributed by atoms with Crippen LogP contribution in [0.15, 0.2) is 73.1 Å². The number of anilines is 1. The summed E-state index contributed by atoms with van der Waals surface area (Å²) in [6, 6.07) is 17.6. The van der Waals surface area contributed by atoms with Gasteiger partial charge in [-0.1, -0.05) is 18.2 Å². The molecular weight excluding hydrogens is 401 g/mol. The van der Waals surface area contributed by atoms with Crippen molar-refractivity contribution in [1.82, 2.24) is 9.78 Å². The van der Waals surface area contributed by atoms with Gasteiger partial charge in [0.15, 0.2) is 0 Å². The van der Waals surface area contributed by atoms with Gasteiger partial charge in [0.25, 0.3) is 0 Å². The number of nitrogens with zero attached hydrogens (tertiary/aromatic N) is 2. The maximum Gasteiger partial charge on any atom is 0.0645 e. The van der Waals surface area contributed by atoms with Gasteiger partial charge in [-0.3, -0.25) is 0 Å². The summed E-state index contributed by atoms with van der Waals surface area (Å²) in [5, 5.41) is 14.8. The first-order valence-electron chi connectivity index (χ1n) is 7.51. The molecule has 1 amide bonds. The van der Waals surface area contributed by atoms with Crippen LogP contribution in [0.1, 0.15) is 6.92 Å². The third-order valence-electron chi connectivity index (χ3n) is 3.13.